The Morgan fingerprint density at radius 1 is 1.13 bits per heavy atom. The van der Waals surface area contributed by atoms with E-state index in [0.29, 0.717) is 0 Å². The number of Topliss-reactive ketones (excluding diaryl/α,β-unsaturated/α-hetero) is 1. The van der Waals surface area contributed by atoms with Crippen LogP contribution in [0.25, 0.3) is 5.76 Å². The Morgan fingerprint density at radius 2 is 1.77 bits per heavy atom. The first-order valence-electron chi connectivity index (χ1n) is 9.52. The van der Waals surface area contributed by atoms with Crippen molar-refractivity contribution >= 4 is 23.1 Å². The molecule has 0 aromatic heterocycles. The van der Waals surface area contributed by atoms with E-state index in [9.17, 15) is 35.1 Å². The summed E-state index contributed by atoms with van der Waals surface area (Å²) in [4.78, 5) is 26.7. The maximum absolute atomic E-state index is 13.3. The van der Waals surface area contributed by atoms with E-state index < -0.39 is 46.0 Å². The first-order chi connectivity index (χ1) is 14.4. The smallest absolute Gasteiger partial charge is 0.256 e. The van der Waals surface area contributed by atoms with E-state index in [1.165, 1.54) is 30.0 Å². The van der Waals surface area contributed by atoms with Gasteiger partial charge in [0.1, 0.15) is 22.8 Å². The van der Waals surface area contributed by atoms with E-state index in [1.807, 2.05) is 0 Å². The number of primary amides is 1. The maximum Gasteiger partial charge on any atom is 0.256 e. The van der Waals surface area contributed by atoms with Crippen molar-refractivity contribution in [1.82, 2.24) is 0 Å². The predicted octanol–water partition coefficient (Wildman–Crippen LogP) is 1.51. The van der Waals surface area contributed by atoms with Gasteiger partial charge in [0.15, 0.2) is 11.5 Å². The van der Waals surface area contributed by atoms with Gasteiger partial charge in [-0.05, 0) is 30.5 Å². The van der Waals surface area contributed by atoms with Gasteiger partial charge in [-0.1, -0.05) is 12.1 Å². The van der Waals surface area contributed by atoms with E-state index in [4.69, 9.17) is 5.73 Å². The summed E-state index contributed by atoms with van der Waals surface area (Å²) < 4.78 is 0. The number of nitrogens with two attached hydrogens (primary N) is 1. The van der Waals surface area contributed by atoms with E-state index in [-0.39, 0.29) is 45.7 Å². The van der Waals surface area contributed by atoms with Crippen LogP contribution in [0, 0.1) is 5.92 Å². The number of carbonyl (C=O) groups is 2. The summed E-state index contributed by atoms with van der Waals surface area (Å²) in [6, 6.07) is 4.32. The molecule has 4 rings (SSSR count). The second kappa shape index (κ2) is 6.39. The van der Waals surface area contributed by atoms with Gasteiger partial charge in [-0.2, -0.15) is 0 Å². The van der Waals surface area contributed by atoms with Crippen molar-refractivity contribution in [1.29, 1.82) is 0 Å². The number of phenolic OH excluding ortho intramolecular Hbond substituents is 1. The summed E-state index contributed by atoms with van der Waals surface area (Å²) in [5.74, 6) is -5.09. The Morgan fingerprint density at radius 3 is 2.35 bits per heavy atom. The fourth-order valence-electron chi connectivity index (χ4n) is 4.80. The van der Waals surface area contributed by atoms with Crippen LogP contribution in [-0.2, 0) is 12.0 Å². The second-order valence-electron chi connectivity index (χ2n) is 8.23. The lowest BCUT2D eigenvalue weighted by molar-refractivity contribution is 0.00206. The molecule has 2 aromatic carbocycles. The van der Waals surface area contributed by atoms with Crippen molar-refractivity contribution in [3.8, 4) is 17.2 Å². The molecule has 0 heterocycles. The number of hydrogen-bond donors (Lipinski definition) is 6. The van der Waals surface area contributed by atoms with Crippen LogP contribution in [0.2, 0.25) is 0 Å². The van der Waals surface area contributed by atoms with Crippen molar-refractivity contribution < 1.29 is 35.1 Å². The largest absolute Gasteiger partial charge is 0.507 e. The number of amides is 1. The summed E-state index contributed by atoms with van der Waals surface area (Å²) >= 11 is 0. The minimum Gasteiger partial charge on any atom is -0.507 e. The highest BCUT2D eigenvalue weighted by molar-refractivity contribution is 6.18. The Kier molecular flexibility index (Phi) is 4.23. The van der Waals surface area contributed by atoms with Crippen LogP contribution in [0.4, 0.5) is 5.69 Å². The highest BCUT2D eigenvalue weighted by Gasteiger charge is 2.51. The molecule has 0 spiro atoms. The molecule has 0 bridgehead atoms. The minimum absolute atomic E-state index is 0.0454. The highest BCUT2D eigenvalue weighted by atomic mass is 16.3. The molecule has 2 aliphatic carbocycles. The number of aliphatic hydroxyl groups is 2. The van der Waals surface area contributed by atoms with Crippen LogP contribution in [0.15, 0.2) is 23.8 Å². The number of nitrogens with zero attached hydrogens (tertiary/aromatic N) is 1. The molecule has 0 saturated heterocycles. The standard InChI is InChI=1S/C22H22N2O7/c1-22(31)9-5-4-6-11(25)13(9)19(28)14-10(22)7-8-12(17(14)26)18(27)15(21(23)30)20(29)16(8)24(2)3/h4-6,10,25-27,29,31H,7H2,1-3H3,(H2,23,30). The topological polar surface area (TPSA) is 165 Å². The minimum atomic E-state index is -1.67. The quantitative estimate of drug-likeness (QED) is 0.421. The molecule has 7 N–H and O–H groups in total. The normalized spacial score (nSPS) is 21.9. The molecule has 0 saturated carbocycles. The van der Waals surface area contributed by atoms with Crippen molar-refractivity contribution in [3.63, 3.8) is 0 Å². The fraction of sp³-hybridized carbons (Fsp3) is 0.273. The van der Waals surface area contributed by atoms with E-state index in [0.717, 1.165) is 0 Å². The van der Waals surface area contributed by atoms with Crippen LogP contribution in [-0.4, -0.2) is 51.3 Å². The van der Waals surface area contributed by atoms with Gasteiger partial charge in [0.25, 0.3) is 5.91 Å². The van der Waals surface area contributed by atoms with Crippen LogP contribution in [0.5, 0.6) is 17.2 Å². The third-order valence-electron chi connectivity index (χ3n) is 6.20. The van der Waals surface area contributed by atoms with Crippen LogP contribution in [0.1, 0.15) is 44.3 Å². The predicted molar refractivity (Wildman–Crippen MR) is 111 cm³/mol. The Labute approximate surface area is 177 Å². The van der Waals surface area contributed by atoms with Crippen LogP contribution in [0.3, 0.4) is 0 Å². The van der Waals surface area contributed by atoms with E-state index in [1.54, 1.807) is 14.1 Å². The average Bonchev–Trinajstić information content (AvgIpc) is 2.65. The van der Waals surface area contributed by atoms with Crippen molar-refractivity contribution in [3.05, 3.63) is 51.6 Å². The SMILES string of the molecule is CN(C)c1c(O)c(C(N)=O)c(O)c2c1CC1C(=C2O)C(=O)c2c(O)cccc2C1(C)O. The first-order valence-corrected chi connectivity index (χ1v) is 9.52. The molecule has 0 radical (unpaired) electrons. The molecular weight excluding hydrogens is 404 g/mol. The molecule has 31 heavy (non-hydrogen) atoms. The number of carbonyl (C=O) groups excluding carboxylic acids is 2. The number of ketones is 1. The molecule has 9 nitrogen and oxygen atoms in total. The summed E-state index contributed by atoms with van der Waals surface area (Å²) in [7, 11) is 3.18. The molecule has 2 unspecified atom stereocenters. The molecule has 1 amide bonds. The monoisotopic (exact) mass is 426 g/mol. The molecule has 2 atom stereocenters. The number of anilines is 1. The summed E-state index contributed by atoms with van der Waals surface area (Å²) in [6.07, 6.45) is -0.0454. The number of rotatable bonds is 2. The number of phenols is 3. The second-order valence-corrected chi connectivity index (χ2v) is 8.23. The number of aromatic hydroxyl groups is 3. The van der Waals surface area contributed by atoms with Gasteiger partial charge in [0.05, 0.1) is 22.4 Å². The van der Waals surface area contributed by atoms with Gasteiger partial charge < -0.3 is 36.2 Å². The molecular formula is C22H22N2O7. The lowest BCUT2D eigenvalue weighted by Crippen LogP contribution is -2.44. The van der Waals surface area contributed by atoms with E-state index >= 15 is 0 Å². The first kappa shape index (κ1) is 20.5. The number of aliphatic hydroxyl groups excluding tert-OH is 1. The Balaban J connectivity index is 2.13. The van der Waals surface area contributed by atoms with Crippen molar-refractivity contribution in [2.24, 2.45) is 11.7 Å². The highest BCUT2D eigenvalue weighted by Crippen LogP contribution is 2.55. The van der Waals surface area contributed by atoms with Gasteiger partial charge in [0.2, 0.25) is 0 Å². The number of fused-ring (bicyclic) bond motifs is 3. The Hall–Kier alpha value is -3.72. The zero-order chi connectivity index (χ0) is 23.0. The summed E-state index contributed by atoms with van der Waals surface area (Å²) in [5, 5.41) is 54.2. The summed E-state index contributed by atoms with van der Waals surface area (Å²) in [5.41, 5.74) is 3.08. The number of benzene rings is 2. The molecule has 2 aliphatic rings. The van der Waals surface area contributed by atoms with Crippen LogP contribution < -0.4 is 10.6 Å². The lowest BCUT2D eigenvalue weighted by atomic mass is 9.63. The Bertz CT molecular complexity index is 1210. The molecule has 9 heteroatoms. The fourth-order valence-corrected chi connectivity index (χ4v) is 4.80. The van der Waals surface area contributed by atoms with Gasteiger partial charge in [0, 0.05) is 25.6 Å². The van der Waals surface area contributed by atoms with Gasteiger partial charge in [-0.3, -0.25) is 9.59 Å². The van der Waals surface area contributed by atoms with Gasteiger partial charge in [-0.25, -0.2) is 0 Å². The van der Waals surface area contributed by atoms with Crippen molar-refractivity contribution in [2.75, 3.05) is 19.0 Å². The zero-order valence-corrected chi connectivity index (χ0v) is 17.1. The van der Waals surface area contributed by atoms with Crippen LogP contribution >= 0.6 is 0 Å². The molecule has 0 fully saturated rings. The van der Waals surface area contributed by atoms with Gasteiger partial charge in [-0.15, -0.1) is 0 Å². The molecule has 162 valence electrons. The third kappa shape index (κ3) is 2.53. The lowest BCUT2D eigenvalue weighted by Gasteiger charge is -2.43. The molecule has 2 aromatic rings. The average molecular weight is 426 g/mol. The van der Waals surface area contributed by atoms with Gasteiger partial charge >= 0.3 is 0 Å². The maximum atomic E-state index is 13.3. The van der Waals surface area contributed by atoms with Crippen molar-refractivity contribution in [2.45, 2.75) is 18.9 Å². The number of hydrogen-bond acceptors (Lipinski definition) is 8. The van der Waals surface area contributed by atoms with E-state index in [2.05, 4.69) is 0 Å². The third-order valence-corrected chi connectivity index (χ3v) is 6.20. The summed E-state index contributed by atoms with van der Waals surface area (Å²) in [6.45, 7) is 1.47. The molecule has 0 aliphatic heterocycles. The zero-order valence-electron chi connectivity index (χ0n) is 17.1.